The molecule has 0 bridgehead atoms. The second-order valence-electron chi connectivity index (χ2n) is 7.89. The lowest BCUT2D eigenvalue weighted by Crippen LogP contribution is -2.43. The molecule has 0 aliphatic carbocycles. The zero-order chi connectivity index (χ0) is 22.6. The van der Waals surface area contributed by atoms with E-state index in [0.717, 1.165) is 17.5 Å². The Balaban J connectivity index is 1.88. The van der Waals surface area contributed by atoms with E-state index in [0.29, 0.717) is 22.7 Å². The Kier molecular flexibility index (Phi) is 6.44. The highest BCUT2D eigenvalue weighted by atomic mass is 16.5. The second-order valence-corrected chi connectivity index (χ2v) is 7.89. The second kappa shape index (κ2) is 9.04. The Labute approximate surface area is 181 Å². The molecule has 162 valence electrons. The minimum atomic E-state index is -0.972. The van der Waals surface area contributed by atoms with Crippen molar-refractivity contribution in [1.82, 2.24) is 5.32 Å². The van der Waals surface area contributed by atoms with Gasteiger partial charge in [0.25, 0.3) is 0 Å². The van der Waals surface area contributed by atoms with Crippen molar-refractivity contribution < 1.29 is 23.9 Å². The van der Waals surface area contributed by atoms with Gasteiger partial charge in [-0.3, -0.25) is 9.59 Å². The van der Waals surface area contributed by atoms with Gasteiger partial charge >= 0.3 is 11.9 Å². The van der Waals surface area contributed by atoms with Crippen LogP contribution in [0.2, 0.25) is 0 Å². The van der Waals surface area contributed by atoms with Gasteiger partial charge in [-0.1, -0.05) is 18.2 Å². The fourth-order valence-electron chi connectivity index (χ4n) is 3.50. The van der Waals surface area contributed by atoms with Crippen LogP contribution in [0.5, 0.6) is 5.75 Å². The normalized spacial score (nSPS) is 15.4. The van der Waals surface area contributed by atoms with E-state index in [9.17, 15) is 14.4 Å². The molecule has 0 saturated carbocycles. The average molecular weight is 422 g/mol. The molecule has 2 N–H and O–H groups in total. The summed E-state index contributed by atoms with van der Waals surface area (Å²) in [4.78, 5) is 36.4. The van der Waals surface area contributed by atoms with Gasteiger partial charge in [0, 0.05) is 34.1 Å². The number of nitrogens with one attached hydrogen (secondary N) is 2. The Bertz CT molecular complexity index is 1060. The quantitative estimate of drug-likeness (QED) is 0.332. The highest BCUT2D eigenvalue weighted by Crippen LogP contribution is 2.32. The number of amides is 1. The fourth-order valence-corrected chi connectivity index (χ4v) is 3.50. The van der Waals surface area contributed by atoms with Crippen molar-refractivity contribution in [3.63, 3.8) is 0 Å². The lowest BCUT2D eigenvalue weighted by atomic mass is 9.85. The number of esters is 1. The number of carbonyl (C=O) groups is 3. The molecule has 0 radical (unpaired) electrons. The number of carbonyl (C=O) groups excluding carboxylic acids is 3. The van der Waals surface area contributed by atoms with Crippen molar-refractivity contribution in [2.75, 3.05) is 19.0 Å². The molecule has 2 aromatic carbocycles. The highest BCUT2D eigenvalue weighted by molar-refractivity contribution is 6.37. The van der Waals surface area contributed by atoms with E-state index >= 15 is 0 Å². The number of rotatable bonds is 5. The molecule has 0 spiro atoms. The molecule has 0 fully saturated rings. The molecule has 0 atom stereocenters. The largest absolute Gasteiger partial charge is 0.497 e. The van der Waals surface area contributed by atoms with Crippen molar-refractivity contribution in [2.24, 2.45) is 0 Å². The number of benzene rings is 2. The summed E-state index contributed by atoms with van der Waals surface area (Å²) in [5.74, 6) is -1.38. The first kappa shape index (κ1) is 22.1. The van der Waals surface area contributed by atoms with Crippen LogP contribution in [0.3, 0.4) is 0 Å². The molecule has 7 heteroatoms. The highest BCUT2D eigenvalue weighted by Gasteiger charge is 2.28. The minimum absolute atomic E-state index is 0.105. The van der Waals surface area contributed by atoms with Gasteiger partial charge < -0.3 is 20.1 Å². The number of ketones is 1. The number of methoxy groups -OCH3 is 1. The predicted octanol–water partition coefficient (Wildman–Crippen LogP) is 3.34. The van der Waals surface area contributed by atoms with E-state index in [-0.39, 0.29) is 17.9 Å². The first-order valence-corrected chi connectivity index (χ1v) is 10.0. The number of anilines is 1. The molecular formula is C24H26N2O5. The maximum atomic E-state index is 13.0. The number of fused-ring (bicyclic) bond motifs is 1. The van der Waals surface area contributed by atoms with Crippen LogP contribution < -0.4 is 15.4 Å². The Morgan fingerprint density at radius 2 is 1.94 bits per heavy atom. The van der Waals surface area contributed by atoms with Gasteiger partial charge in [-0.15, -0.1) is 0 Å². The van der Waals surface area contributed by atoms with Gasteiger partial charge in [0.1, 0.15) is 5.75 Å². The molecule has 0 aromatic heterocycles. The number of allylic oxidation sites excluding steroid dienone is 1. The molecule has 1 aliphatic heterocycles. The van der Waals surface area contributed by atoms with Gasteiger partial charge in [0.15, 0.2) is 5.78 Å². The van der Waals surface area contributed by atoms with E-state index in [1.54, 1.807) is 38.3 Å². The number of hydrogen-bond acceptors (Lipinski definition) is 6. The van der Waals surface area contributed by atoms with Crippen molar-refractivity contribution in [3.05, 3.63) is 65.2 Å². The van der Waals surface area contributed by atoms with Crippen LogP contribution in [0.15, 0.2) is 48.5 Å². The molecule has 1 amide bonds. The van der Waals surface area contributed by atoms with Crippen molar-refractivity contribution in [2.45, 2.75) is 32.7 Å². The van der Waals surface area contributed by atoms with Gasteiger partial charge in [0.2, 0.25) is 0 Å². The number of hydrogen-bond donors (Lipinski definition) is 2. The van der Waals surface area contributed by atoms with Crippen LogP contribution in [0.4, 0.5) is 5.69 Å². The van der Waals surface area contributed by atoms with E-state index in [1.807, 2.05) is 18.2 Å². The van der Waals surface area contributed by atoms with Gasteiger partial charge in [-0.05, 0) is 57.0 Å². The van der Waals surface area contributed by atoms with E-state index in [1.165, 1.54) is 6.07 Å². The van der Waals surface area contributed by atoms with Crippen molar-refractivity contribution in [3.8, 4) is 5.75 Å². The number of ether oxygens (including phenoxy) is 2. The molecule has 2 aromatic rings. The van der Waals surface area contributed by atoms with Crippen LogP contribution >= 0.6 is 0 Å². The topological polar surface area (TPSA) is 93.7 Å². The zero-order valence-corrected chi connectivity index (χ0v) is 18.1. The molecule has 1 heterocycles. The zero-order valence-electron chi connectivity index (χ0n) is 18.1. The molecule has 31 heavy (non-hydrogen) atoms. The van der Waals surface area contributed by atoms with Crippen LogP contribution in [0.25, 0.3) is 5.70 Å². The summed E-state index contributed by atoms with van der Waals surface area (Å²) in [7, 11) is 1.60. The third kappa shape index (κ3) is 5.31. The third-order valence-electron chi connectivity index (χ3n) is 4.85. The molecule has 0 unspecified atom stereocenters. The predicted molar refractivity (Wildman–Crippen MR) is 118 cm³/mol. The third-order valence-corrected chi connectivity index (χ3v) is 4.85. The van der Waals surface area contributed by atoms with E-state index < -0.39 is 11.9 Å². The van der Waals surface area contributed by atoms with Crippen LogP contribution in [-0.4, -0.2) is 36.9 Å². The Morgan fingerprint density at radius 3 is 2.65 bits per heavy atom. The van der Waals surface area contributed by atoms with Crippen LogP contribution in [-0.2, 0) is 20.7 Å². The maximum Gasteiger partial charge on any atom is 0.397 e. The standard InChI is InChI=1S/C24H26N2O5/c1-5-31-23(29)22(28)25-17-8-6-7-15(11-17)21(27)13-20-19-12-18(30-4)10-9-16(19)14-24(2,3)26-20/h6-13,26H,5,14H2,1-4H3,(H,25,28)/b20-13-. The first-order valence-electron chi connectivity index (χ1n) is 10.0. The molecular weight excluding hydrogens is 396 g/mol. The molecule has 7 nitrogen and oxygen atoms in total. The van der Waals surface area contributed by atoms with Gasteiger partial charge in [0.05, 0.1) is 13.7 Å². The monoisotopic (exact) mass is 422 g/mol. The van der Waals surface area contributed by atoms with E-state index in [2.05, 4.69) is 29.2 Å². The minimum Gasteiger partial charge on any atom is -0.497 e. The van der Waals surface area contributed by atoms with Crippen molar-refractivity contribution in [1.29, 1.82) is 0 Å². The first-order chi connectivity index (χ1) is 14.7. The summed E-state index contributed by atoms with van der Waals surface area (Å²) in [6.45, 7) is 5.87. The summed E-state index contributed by atoms with van der Waals surface area (Å²) in [5, 5.41) is 5.88. The summed E-state index contributed by atoms with van der Waals surface area (Å²) in [5.41, 5.74) is 3.24. The average Bonchev–Trinajstić information content (AvgIpc) is 2.73. The Hall–Kier alpha value is -3.61. The summed E-state index contributed by atoms with van der Waals surface area (Å²) in [6, 6.07) is 12.3. The smallest absolute Gasteiger partial charge is 0.397 e. The lowest BCUT2D eigenvalue weighted by Gasteiger charge is -2.35. The fraction of sp³-hybridized carbons (Fsp3) is 0.292. The summed E-state index contributed by atoms with van der Waals surface area (Å²) < 4.78 is 10.0. The van der Waals surface area contributed by atoms with Crippen LogP contribution in [0.1, 0.15) is 42.3 Å². The molecule has 3 rings (SSSR count). The SMILES string of the molecule is CCOC(=O)C(=O)Nc1cccc(C(=O)/C=C2\NC(C)(C)Cc3ccc(OC)cc32)c1. The Morgan fingerprint density at radius 1 is 1.16 bits per heavy atom. The van der Waals surface area contributed by atoms with Crippen LogP contribution in [0, 0.1) is 0 Å². The molecule has 0 saturated heterocycles. The van der Waals surface area contributed by atoms with Gasteiger partial charge in [-0.25, -0.2) is 4.79 Å². The summed E-state index contributed by atoms with van der Waals surface area (Å²) >= 11 is 0. The van der Waals surface area contributed by atoms with Gasteiger partial charge in [-0.2, -0.15) is 0 Å². The summed E-state index contributed by atoms with van der Waals surface area (Å²) in [6.07, 6.45) is 2.36. The maximum absolute atomic E-state index is 13.0. The lowest BCUT2D eigenvalue weighted by molar-refractivity contribution is -0.152. The van der Waals surface area contributed by atoms with Crippen molar-refractivity contribution >= 4 is 29.0 Å². The molecule has 1 aliphatic rings. The van der Waals surface area contributed by atoms with E-state index in [4.69, 9.17) is 4.74 Å².